The van der Waals surface area contributed by atoms with Gasteiger partial charge in [0.25, 0.3) is 11.6 Å². The van der Waals surface area contributed by atoms with E-state index in [1.54, 1.807) is 6.07 Å². The maximum atomic E-state index is 12.6. The number of hydrogen-bond donors (Lipinski definition) is 1. The van der Waals surface area contributed by atoms with Crippen LogP contribution in [0.1, 0.15) is 5.56 Å². The summed E-state index contributed by atoms with van der Waals surface area (Å²) in [6, 6.07) is 16.9. The molecule has 0 fully saturated rings. The number of ether oxygens (including phenoxy) is 2. The Balaban J connectivity index is 1.83. The summed E-state index contributed by atoms with van der Waals surface area (Å²) in [6.07, 6.45) is 1.19. The molecule has 0 aliphatic heterocycles. The summed E-state index contributed by atoms with van der Waals surface area (Å²) in [7, 11) is -1.37. The van der Waals surface area contributed by atoms with E-state index in [0.717, 1.165) is 6.07 Å². The number of anilines is 1. The first-order valence-corrected chi connectivity index (χ1v) is 11.5. The van der Waals surface area contributed by atoms with Gasteiger partial charge >= 0.3 is 10.1 Å². The fourth-order valence-electron chi connectivity index (χ4n) is 2.97. The van der Waals surface area contributed by atoms with Gasteiger partial charge in [0, 0.05) is 0 Å². The van der Waals surface area contributed by atoms with Crippen molar-refractivity contribution in [3.8, 4) is 23.3 Å². The van der Waals surface area contributed by atoms with Gasteiger partial charge in [-0.3, -0.25) is 14.9 Å². The van der Waals surface area contributed by atoms with Crippen molar-refractivity contribution in [3.05, 3.63) is 88.0 Å². The molecule has 1 amide bonds. The number of carbonyl (C=O) groups is 1. The first-order valence-electron chi connectivity index (χ1n) is 10.1. The Morgan fingerprint density at radius 1 is 1.00 bits per heavy atom. The van der Waals surface area contributed by atoms with Gasteiger partial charge in [-0.15, -0.1) is 0 Å². The van der Waals surface area contributed by atoms with Crippen LogP contribution in [-0.4, -0.2) is 33.5 Å². The second-order valence-electron chi connectivity index (χ2n) is 7.05. The summed E-state index contributed by atoms with van der Waals surface area (Å²) in [5, 5.41) is 23.1. The molecule has 0 heterocycles. The van der Waals surface area contributed by atoms with Crippen molar-refractivity contribution >= 4 is 33.5 Å². The second kappa shape index (κ2) is 11.0. The quantitative estimate of drug-likeness (QED) is 0.148. The topological polar surface area (TPSA) is 158 Å². The van der Waals surface area contributed by atoms with E-state index in [9.17, 15) is 28.6 Å². The number of rotatable bonds is 9. The summed E-state index contributed by atoms with van der Waals surface area (Å²) in [5.41, 5.74) is -0.641. The molecule has 0 aromatic heterocycles. The molecule has 0 atom stereocenters. The van der Waals surface area contributed by atoms with Crippen LogP contribution in [0.5, 0.6) is 17.2 Å². The fraction of sp³-hybridized carbons (Fsp3) is 0.0833. The molecule has 0 spiro atoms. The van der Waals surface area contributed by atoms with Crippen molar-refractivity contribution in [2.45, 2.75) is 4.90 Å². The van der Waals surface area contributed by atoms with Crippen molar-refractivity contribution in [2.75, 3.05) is 19.5 Å². The highest BCUT2D eigenvalue weighted by molar-refractivity contribution is 7.87. The SMILES string of the molecule is COc1ccc(S(=O)(=O)Oc2cccc(/C=C(\C#N)C(=O)Nc3ccc(OC)cc3[N+](=O)[O-])c2)cc1. The van der Waals surface area contributed by atoms with E-state index in [2.05, 4.69) is 5.32 Å². The zero-order chi connectivity index (χ0) is 26.3. The van der Waals surface area contributed by atoms with Crippen LogP contribution in [0.15, 0.2) is 77.2 Å². The highest BCUT2D eigenvalue weighted by atomic mass is 32.2. The minimum atomic E-state index is -4.16. The number of nitriles is 1. The molecular weight excluding hydrogens is 490 g/mol. The molecule has 0 saturated carbocycles. The molecule has 12 heteroatoms. The number of methoxy groups -OCH3 is 2. The highest BCUT2D eigenvalue weighted by Crippen LogP contribution is 2.29. The summed E-state index contributed by atoms with van der Waals surface area (Å²) < 4.78 is 40.3. The molecule has 36 heavy (non-hydrogen) atoms. The van der Waals surface area contributed by atoms with E-state index in [0.29, 0.717) is 5.75 Å². The maximum absolute atomic E-state index is 12.6. The number of nitrogens with zero attached hydrogens (tertiary/aromatic N) is 2. The predicted octanol–water partition coefficient (Wildman–Crippen LogP) is 3.93. The van der Waals surface area contributed by atoms with Gasteiger partial charge in [-0.25, -0.2) is 0 Å². The molecule has 0 aliphatic carbocycles. The molecule has 0 saturated heterocycles. The third-order valence-electron chi connectivity index (χ3n) is 4.74. The van der Waals surface area contributed by atoms with Crippen LogP contribution in [0.4, 0.5) is 11.4 Å². The van der Waals surface area contributed by atoms with Crippen molar-refractivity contribution in [1.82, 2.24) is 0 Å². The molecule has 0 aliphatic rings. The number of benzene rings is 3. The Kier molecular flexibility index (Phi) is 7.88. The summed E-state index contributed by atoms with van der Waals surface area (Å²) >= 11 is 0. The normalized spacial score (nSPS) is 11.2. The van der Waals surface area contributed by atoms with Crippen LogP contribution in [0.25, 0.3) is 6.08 Å². The monoisotopic (exact) mass is 509 g/mol. The molecule has 0 radical (unpaired) electrons. The van der Waals surface area contributed by atoms with Crippen LogP contribution in [-0.2, 0) is 14.9 Å². The minimum absolute atomic E-state index is 0.0527. The van der Waals surface area contributed by atoms with Gasteiger partial charge in [-0.2, -0.15) is 13.7 Å². The number of amides is 1. The highest BCUT2D eigenvalue weighted by Gasteiger charge is 2.20. The number of hydrogen-bond acceptors (Lipinski definition) is 9. The van der Waals surface area contributed by atoms with E-state index in [1.165, 1.54) is 81.0 Å². The third kappa shape index (κ3) is 6.16. The molecule has 3 rings (SSSR count). The van der Waals surface area contributed by atoms with Gasteiger partial charge in [-0.1, -0.05) is 12.1 Å². The van der Waals surface area contributed by atoms with Crippen molar-refractivity contribution < 1.29 is 31.8 Å². The standard InChI is InChI=1S/C24H19N3O8S/c1-33-18-6-9-21(10-7-18)36(31,32)35-20-5-3-4-16(13-20)12-17(15-25)24(28)26-22-11-8-19(34-2)14-23(22)27(29)30/h3-14H,1-2H3,(H,26,28)/b17-12+. The van der Waals surface area contributed by atoms with Crippen LogP contribution < -0.4 is 19.0 Å². The largest absolute Gasteiger partial charge is 0.497 e. The molecule has 184 valence electrons. The third-order valence-corrected chi connectivity index (χ3v) is 6.00. The average molecular weight is 509 g/mol. The zero-order valence-electron chi connectivity index (χ0n) is 19.0. The van der Waals surface area contributed by atoms with Crippen LogP contribution >= 0.6 is 0 Å². The van der Waals surface area contributed by atoms with Gasteiger partial charge in [0.05, 0.1) is 25.2 Å². The number of nitrogens with one attached hydrogen (secondary N) is 1. The van der Waals surface area contributed by atoms with Gasteiger partial charge in [0.15, 0.2) is 0 Å². The molecule has 0 bridgehead atoms. The molecule has 0 unspecified atom stereocenters. The number of carbonyl (C=O) groups excluding carboxylic acids is 1. The first kappa shape index (κ1) is 25.7. The summed E-state index contributed by atoms with van der Waals surface area (Å²) in [6.45, 7) is 0. The lowest BCUT2D eigenvalue weighted by atomic mass is 10.1. The predicted molar refractivity (Wildman–Crippen MR) is 129 cm³/mol. The number of nitro groups is 1. The summed E-state index contributed by atoms with van der Waals surface area (Å²) in [5.74, 6) is -0.258. The van der Waals surface area contributed by atoms with E-state index in [1.807, 2.05) is 0 Å². The van der Waals surface area contributed by atoms with Crippen LogP contribution in [0, 0.1) is 21.4 Å². The Bertz CT molecular complexity index is 1480. The smallest absolute Gasteiger partial charge is 0.339 e. The van der Waals surface area contributed by atoms with Crippen molar-refractivity contribution in [2.24, 2.45) is 0 Å². The molecule has 1 N–H and O–H groups in total. The molecular formula is C24H19N3O8S. The zero-order valence-corrected chi connectivity index (χ0v) is 19.8. The Labute approximate surface area is 206 Å². The van der Waals surface area contributed by atoms with E-state index in [-0.39, 0.29) is 33.2 Å². The minimum Gasteiger partial charge on any atom is -0.497 e. The summed E-state index contributed by atoms with van der Waals surface area (Å²) in [4.78, 5) is 23.2. The van der Waals surface area contributed by atoms with Crippen molar-refractivity contribution in [3.63, 3.8) is 0 Å². The number of nitro benzene ring substituents is 1. The van der Waals surface area contributed by atoms with E-state index < -0.39 is 26.6 Å². The van der Waals surface area contributed by atoms with Gasteiger partial charge in [-0.05, 0) is 60.2 Å². The lowest BCUT2D eigenvalue weighted by Crippen LogP contribution is -2.14. The average Bonchev–Trinajstić information content (AvgIpc) is 2.87. The fourth-order valence-corrected chi connectivity index (χ4v) is 3.90. The van der Waals surface area contributed by atoms with Crippen LogP contribution in [0.2, 0.25) is 0 Å². The van der Waals surface area contributed by atoms with E-state index >= 15 is 0 Å². The van der Waals surface area contributed by atoms with E-state index in [4.69, 9.17) is 13.7 Å². The molecule has 11 nitrogen and oxygen atoms in total. The Hall–Kier alpha value is -4.89. The van der Waals surface area contributed by atoms with Crippen LogP contribution in [0.3, 0.4) is 0 Å². The maximum Gasteiger partial charge on any atom is 0.339 e. The first-order chi connectivity index (χ1) is 17.2. The second-order valence-corrected chi connectivity index (χ2v) is 8.60. The molecule has 3 aromatic carbocycles. The van der Waals surface area contributed by atoms with Gasteiger partial charge in [0.2, 0.25) is 0 Å². The van der Waals surface area contributed by atoms with Gasteiger partial charge < -0.3 is 19.0 Å². The van der Waals surface area contributed by atoms with Gasteiger partial charge in [0.1, 0.15) is 39.5 Å². The molecule has 3 aromatic rings. The lowest BCUT2D eigenvalue weighted by Gasteiger charge is -2.09. The lowest BCUT2D eigenvalue weighted by molar-refractivity contribution is -0.384. The Morgan fingerprint density at radius 3 is 2.28 bits per heavy atom. The Morgan fingerprint density at radius 2 is 1.67 bits per heavy atom. The van der Waals surface area contributed by atoms with Crippen molar-refractivity contribution in [1.29, 1.82) is 5.26 Å².